The van der Waals surface area contributed by atoms with Crippen LogP contribution in [0.15, 0.2) is 42.7 Å². The lowest BCUT2D eigenvalue weighted by molar-refractivity contribution is 0.0506. The number of hydrogen-bond acceptors (Lipinski definition) is 7. The Morgan fingerprint density at radius 3 is 2.67 bits per heavy atom. The molecule has 0 atom stereocenters. The first kappa shape index (κ1) is 18.5. The Labute approximate surface area is 157 Å². The van der Waals surface area contributed by atoms with Gasteiger partial charge in [-0.15, -0.1) is 5.10 Å². The highest BCUT2D eigenvalue weighted by Gasteiger charge is 2.18. The Morgan fingerprint density at radius 1 is 1.19 bits per heavy atom. The molecule has 3 aromatic rings. The molecule has 2 aromatic heterocycles. The predicted octanol–water partition coefficient (Wildman–Crippen LogP) is 2.76. The second kappa shape index (κ2) is 8.39. The van der Waals surface area contributed by atoms with Crippen molar-refractivity contribution in [2.75, 3.05) is 18.5 Å². The molecule has 27 heavy (non-hydrogen) atoms. The highest BCUT2D eigenvalue weighted by Crippen LogP contribution is 2.23. The Balaban J connectivity index is 1.65. The second-order valence-electron chi connectivity index (χ2n) is 6.24. The van der Waals surface area contributed by atoms with E-state index in [9.17, 15) is 4.79 Å². The molecule has 0 aliphatic carbocycles. The molecule has 0 fully saturated rings. The van der Waals surface area contributed by atoms with Crippen LogP contribution in [-0.2, 0) is 4.74 Å². The molecule has 0 aliphatic rings. The van der Waals surface area contributed by atoms with Crippen molar-refractivity contribution in [2.24, 2.45) is 0 Å². The first-order valence-electron chi connectivity index (χ1n) is 8.77. The maximum absolute atomic E-state index is 12.3. The Kier molecular flexibility index (Phi) is 5.75. The molecule has 1 aromatic carbocycles. The summed E-state index contributed by atoms with van der Waals surface area (Å²) in [6.07, 6.45) is 3.27. The van der Waals surface area contributed by atoms with Crippen molar-refractivity contribution in [3.63, 3.8) is 0 Å². The lowest BCUT2D eigenvalue weighted by Gasteiger charge is -2.12. The predicted molar refractivity (Wildman–Crippen MR) is 101 cm³/mol. The van der Waals surface area contributed by atoms with Gasteiger partial charge in [0, 0.05) is 12.4 Å². The van der Waals surface area contributed by atoms with Gasteiger partial charge >= 0.3 is 5.97 Å². The van der Waals surface area contributed by atoms with Crippen molar-refractivity contribution in [1.82, 2.24) is 24.7 Å². The van der Waals surface area contributed by atoms with Crippen LogP contribution in [-0.4, -0.2) is 43.9 Å². The van der Waals surface area contributed by atoms with E-state index in [2.05, 4.69) is 45.3 Å². The fraction of sp³-hybridized carbons (Fsp3) is 0.316. The van der Waals surface area contributed by atoms with Gasteiger partial charge in [-0.1, -0.05) is 32.0 Å². The van der Waals surface area contributed by atoms with Crippen LogP contribution in [0.3, 0.4) is 0 Å². The van der Waals surface area contributed by atoms with Gasteiger partial charge < -0.3 is 10.1 Å². The molecular formula is C19H22N6O2. The highest BCUT2D eigenvalue weighted by molar-refractivity contribution is 5.85. The number of carbonyl (C=O) groups excluding carboxylic acids is 1. The number of carbonyl (C=O) groups is 1. The molecule has 0 unspecified atom stereocenters. The number of aromatic nitrogens is 5. The number of nitrogens with one attached hydrogen (secondary N) is 1. The molecule has 0 aliphatic heterocycles. The van der Waals surface area contributed by atoms with E-state index in [0.29, 0.717) is 24.2 Å². The summed E-state index contributed by atoms with van der Waals surface area (Å²) in [6.45, 7) is 6.60. The maximum atomic E-state index is 12.3. The number of rotatable bonds is 7. The van der Waals surface area contributed by atoms with E-state index in [1.165, 1.54) is 0 Å². The topological polar surface area (TPSA) is 94.8 Å². The molecule has 0 amide bonds. The third-order valence-corrected chi connectivity index (χ3v) is 3.92. The van der Waals surface area contributed by atoms with Crippen LogP contribution >= 0.6 is 0 Å². The van der Waals surface area contributed by atoms with Gasteiger partial charge in [0.05, 0.1) is 12.2 Å². The van der Waals surface area contributed by atoms with Crippen LogP contribution in [0, 0.1) is 6.92 Å². The van der Waals surface area contributed by atoms with Crippen molar-refractivity contribution >= 4 is 11.9 Å². The van der Waals surface area contributed by atoms with Crippen molar-refractivity contribution in [3.05, 3.63) is 59.9 Å². The molecule has 0 saturated carbocycles. The molecule has 3 rings (SSSR count). The molecule has 1 N–H and O–H groups in total. The van der Waals surface area contributed by atoms with Crippen molar-refractivity contribution < 1.29 is 9.53 Å². The van der Waals surface area contributed by atoms with E-state index < -0.39 is 5.97 Å². The van der Waals surface area contributed by atoms with Gasteiger partial charge in [-0.2, -0.15) is 0 Å². The van der Waals surface area contributed by atoms with E-state index >= 15 is 0 Å². The van der Waals surface area contributed by atoms with Crippen LogP contribution in [0.5, 0.6) is 0 Å². The minimum absolute atomic E-state index is 0.0435. The van der Waals surface area contributed by atoms with E-state index in [0.717, 1.165) is 11.3 Å². The van der Waals surface area contributed by atoms with Gasteiger partial charge in [-0.05, 0) is 30.5 Å². The summed E-state index contributed by atoms with van der Waals surface area (Å²) in [7, 11) is 0. The number of aryl methyl sites for hydroxylation is 1. The number of anilines is 1. The van der Waals surface area contributed by atoms with E-state index in [4.69, 9.17) is 4.74 Å². The van der Waals surface area contributed by atoms with Crippen molar-refractivity contribution in [2.45, 2.75) is 26.7 Å². The lowest BCUT2D eigenvalue weighted by atomic mass is 10.0. The molecule has 0 bridgehead atoms. The van der Waals surface area contributed by atoms with E-state index in [1.807, 2.05) is 25.1 Å². The summed E-state index contributed by atoms with van der Waals surface area (Å²) < 4.78 is 6.92. The molecule has 2 heterocycles. The SMILES string of the molecule is Cc1nc(C(=O)OCCNc2ncccn2)nn1-c1ccccc1C(C)C. The minimum atomic E-state index is -0.561. The maximum Gasteiger partial charge on any atom is 0.378 e. The Hall–Kier alpha value is -3.29. The lowest BCUT2D eigenvalue weighted by Crippen LogP contribution is -2.16. The molecule has 0 spiro atoms. The third-order valence-electron chi connectivity index (χ3n) is 3.92. The second-order valence-corrected chi connectivity index (χ2v) is 6.24. The number of hydrogen-bond donors (Lipinski definition) is 1. The molecule has 8 nitrogen and oxygen atoms in total. The van der Waals surface area contributed by atoms with E-state index in [1.54, 1.807) is 23.1 Å². The van der Waals surface area contributed by atoms with Crippen LogP contribution < -0.4 is 5.32 Å². The smallest absolute Gasteiger partial charge is 0.378 e. The first-order valence-corrected chi connectivity index (χ1v) is 8.77. The zero-order valence-corrected chi connectivity index (χ0v) is 15.6. The number of para-hydroxylation sites is 1. The van der Waals surface area contributed by atoms with E-state index in [-0.39, 0.29) is 12.4 Å². The van der Waals surface area contributed by atoms with Crippen molar-refractivity contribution in [1.29, 1.82) is 0 Å². The third kappa shape index (κ3) is 4.46. The molecule has 0 saturated heterocycles. The van der Waals surface area contributed by atoms with Gasteiger partial charge in [0.15, 0.2) is 0 Å². The number of nitrogens with zero attached hydrogens (tertiary/aromatic N) is 5. The number of esters is 1. The minimum Gasteiger partial charge on any atom is -0.458 e. The van der Waals surface area contributed by atoms with Gasteiger partial charge in [0.25, 0.3) is 5.82 Å². The van der Waals surface area contributed by atoms with Gasteiger partial charge in [0.2, 0.25) is 5.95 Å². The Morgan fingerprint density at radius 2 is 1.93 bits per heavy atom. The summed E-state index contributed by atoms with van der Waals surface area (Å²) in [5.74, 6) is 0.922. The van der Waals surface area contributed by atoms with Gasteiger partial charge in [-0.3, -0.25) is 0 Å². The standard InChI is InChI=1S/C19H22N6O2/c1-13(2)15-7-4-5-8-16(15)25-14(3)23-17(24-25)18(26)27-12-11-22-19-20-9-6-10-21-19/h4-10,13H,11-12H2,1-3H3,(H,20,21,22). The van der Waals surface area contributed by atoms with Gasteiger partial charge in [-0.25, -0.2) is 24.4 Å². The molecule has 140 valence electrons. The fourth-order valence-electron chi connectivity index (χ4n) is 2.63. The zero-order valence-electron chi connectivity index (χ0n) is 15.6. The molecular weight excluding hydrogens is 344 g/mol. The summed E-state index contributed by atoms with van der Waals surface area (Å²) in [5.41, 5.74) is 2.05. The van der Waals surface area contributed by atoms with Crippen molar-refractivity contribution in [3.8, 4) is 5.69 Å². The summed E-state index contributed by atoms with van der Waals surface area (Å²) in [5, 5.41) is 7.31. The first-order chi connectivity index (χ1) is 13.1. The average Bonchev–Trinajstić information content (AvgIpc) is 3.07. The largest absolute Gasteiger partial charge is 0.458 e. The summed E-state index contributed by atoms with van der Waals surface area (Å²) in [6, 6.07) is 9.68. The molecule has 8 heteroatoms. The number of benzene rings is 1. The average molecular weight is 366 g/mol. The van der Waals surface area contributed by atoms with Crippen LogP contribution in [0.1, 0.15) is 41.8 Å². The quantitative estimate of drug-likeness (QED) is 0.507. The Bertz CT molecular complexity index is 908. The van der Waals surface area contributed by atoms with Crippen LogP contribution in [0.2, 0.25) is 0 Å². The fourth-order valence-corrected chi connectivity index (χ4v) is 2.63. The highest BCUT2D eigenvalue weighted by atomic mass is 16.5. The summed E-state index contributed by atoms with van der Waals surface area (Å²) >= 11 is 0. The van der Waals surface area contributed by atoms with Crippen LogP contribution in [0.4, 0.5) is 5.95 Å². The van der Waals surface area contributed by atoms with Crippen LogP contribution in [0.25, 0.3) is 5.69 Å². The summed E-state index contributed by atoms with van der Waals surface area (Å²) in [4.78, 5) is 24.6. The zero-order chi connectivity index (χ0) is 19.2. The monoisotopic (exact) mass is 366 g/mol. The number of ether oxygens (including phenoxy) is 1. The molecule has 0 radical (unpaired) electrons. The normalized spacial score (nSPS) is 10.8. The van der Waals surface area contributed by atoms with Gasteiger partial charge in [0.1, 0.15) is 12.4 Å².